The zero-order chi connectivity index (χ0) is 21.2. The summed E-state index contributed by atoms with van der Waals surface area (Å²) in [6.07, 6.45) is 1.80. The first-order valence-electron chi connectivity index (χ1n) is 10.1. The van der Waals surface area contributed by atoms with Gasteiger partial charge in [-0.25, -0.2) is 4.99 Å². The molecule has 0 fully saturated rings. The quantitative estimate of drug-likeness (QED) is 0.373. The summed E-state index contributed by atoms with van der Waals surface area (Å²) in [5.74, 6) is 2.37. The third-order valence-corrected chi connectivity index (χ3v) is 4.71. The van der Waals surface area contributed by atoms with Crippen LogP contribution in [0.15, 0.2) is 76.3 Å². The summed E-state index contributed by atoms with van der Waals surface area (Å²) < 4.78 is 10.6. The second-order valence-electron chi connectivity index (χ2n) is 7.08. The van der Waals surface area contributed by atoms with Crippen LogP contribution in [0, 0.1) is 6.92 Å². The van der Waals surface area contributed by atoms with Gasteiger partial charge in [-0.05, 0) is 42.3 Å². The van der Waals surface area contributed by atoms with Gasteiger partial charge in [0.2, 0.25) is 0 Å². The minimum atomic E-state index is -0.622. The van der Waals surface area contributed by atoms with E-state index in [0.29, 0.717) is 25.6 Å². The second-order valence-corrected chi connectivity index (χ2v) is 7.08. The van der Waals surface area contributed by atoms with Crippen molar-refractivity contribution in [2.24, 2.45) is 4.99 Å². The Bertz CT molecular complexity index is 921. The van der Waals surface area contributed by atoms with Gasteiger partial charge in [0, 0.05) is 19.5 Å². The number of aliphatic imine (C=N–C) groups is 1. The number of nitrogens with one attached hydrogen (secondary N) is 2. The van der Waals surface area contributed by atoms with Gasteiger partial charge in [-0.1, -0.05) is 42.0 Å². The number of aliphatic hydroxyl groups excluding tert-OH is 1. The van der Waals surface area contributed by atoms with Crippen molar-refractivity contribution >= 4 is 5.96 Å². The van der Waals surface area contributed by atoms with Crippen molar-refractivity contribution in [2.45, 2.75) is 26.0 Å². The molecule has 0 aliphatic heterocycles. The van der Waals surface area contributed by atoms with Gasteiger partial charge in [0.05, 0.1) is 26.0 Å². The Morgan fingerprint density at radius 1 is 1.10 bits per heavy atom. The lowest BCUT2D eigenvalue weighted by Gasteiger charge is -2.16. The summed E-state index contributed by atoms with van der Waals surface area (Å²) in [5, 5.41) is 17.1. The third kappa shape index (κ3) is 6.67. The van der Waals surface area contributed by atoms with Crippen molar-refractivity contribution in [1.29, 1.82) is 0 Å². The molecular formula is C24H29N3O3. The van der Waals surface area contributed by atoms with Crippen LogP contribution in [-0.4, -0.2) is 31.3 Å². The number of ether oxygens (including phenoxy) is 1. The minimum absolute atomic E-state index is 0.360. The second kappa shape index (κ2) is 11.1. The predicted octanol–water partition coefficient (Wildman–Crippen LogP) is 3.61. The molecule has 0 saturated heterocycles. The number of hydrogen-bond acceptors (Lipinski definition) is 4. The molecule has 3 N–H and O–H groups in total. The number of benzene rings is 2. The van der Waals surface area contributed by atoms with E-state index >= 15 is 0 Å². The van der Waals surface area contributed by atoms with Crippen LogP contribution in [0.4, 0.5) is 0 Å². The summed E-state index contributed by atoms with van der Waals surface area (Å²) >= 11 is 0. The number of methoxy groups -OCH3 is 1. The molecule has 6 heteroatoms. The van der Waals surface area contributed by atoms with E-state index in [1.807, 2.05) is 67.6 Å². The minimum Gasteiger partial charge on any atom is -0.497 e. The van der Waals surface area contributed by atoms with Crippen molar-refractivity contribution < 1.29 is 14.3 Å². The van der Waals surface area contributed by atoms with E-state index in [4.69, 9.17) is 9.15 Å². The average molecular weight is 408 g/mol. The summed E-state index contributed by atoms with van der Waals surface area (Å²) in [6.45, 7) is 3.56. The summed E-state index contributed by atoms with van der Waals surface area (Å²) in [4.78, 5) is 4.66. The van der Waals surface area contributed by atoms with E-state index in [0.717, 1.165) is 34.6 Å². The Hall–Kier alpha value is -3.25. The van der Waals surface area contributed by atoms with Gasteiger partial charge >= 0.3 is 0 Å². The predicted molar refractivity (Wildman–Crippen MR) is 119 cm³/mol. The van der Waals surface area contributed by atoms with Crippen molar-refractivity contribution in [2.75, 3.05) is 20.2 Å². The van der Waals surface area contributed by atoms with Gasteiger partial charge in [-0.2, -0.15) is 0 Å². The molecular weight excluding hydrogens is 378 g/mol. The van der Waals surface area contributed by atoms with Crippen LogP contribution < -0.4 is 15.4 Å². The summed E-state index contributed by atoms with van der Waals surface area (Å²) in [6, 6.07) is 19.5. The number of guanidine groups is 1. The highest BCUT2D eigenvalue weighted by Crippen LogP contribution is 2.14. The van der Waals surface area contributed by atoms with Crippen LogP contribution in [0.5, 0.6) is 5.75 Å². The van der Waals surface area contributed by atoms with Crippen LogP contribution in [0.2, 0.25) is 0 Å². The van der Waals surface area contributed by atoms with Crippen molar-refractivity contribution in [3.8, 4) is 5.75 Å². The molecule has 158 valence electrons. The standard InChI is InChI=1S/C24H29N3O3/c1-18-5-3-6-20(15-18)23(28)17-27-24(25-13-12-22-7-4-14-30-22)26-16-19-8-10-21(29-2)11-9-19/h3-11,14-15,23,28H,12-13,16-17H2,1-2H3,(H2,25,26,27). The molecule has 1 unspecified atom stereocenters. The molecule has 0 aliphatic rings. The van der Waals surface area contributed by atoms with E-state index in [9.17, 15) is 5.11 Å². The largest absolute Gasteiger partial charge is 0.497 e. The van der Waals surface area contributed by atoms with Crippen LogP contribution >= 0.6 is 0 Å². The van der Waals surface area contributed by atoms with E-state index < -0.39 is 6.10 Å². The highest BCUT2D eigenvalue weighted by molar-refractivity contribution is 5.79. The van der Waals surface area contributed by atoms with Crippen LogP contribution in [0.1, 0.15) is 28.6 Å². The Morgan fingerprint density at radius 2 is 1.93 bits per heavy atom. The first-order chi connectivity index (χ1) is 14.6. The van der Waals surface area contributed by atoms with Crippen LogP contribution in [0.3, 0.4) is 0 Å². The molecule has 1 aromatic heterocycles. The van der Waals surface area contributed by atoms with E-state index in [1.165, 1.54) is 0 Å². The molecule has 2 aromatic carbocycles. The molecule has 0 spiro atoms. The monoisotopic (exact) mass is 407 g/mol. The number of furan rings is 1. The van der Waals surface area contributed by atoms with Crippen molar-refractivity contribution in [1.82, 2.24) is 10.6 Å². The van der Waals surface area contributed by atoms with Gasteiger partial charge in [0.15, 0.2) is 5.96 Å². The van der Waals surface area contributed by atoms with Gasteiger partial charge in [0.1, 0.15) is 11.5 Å². The average Bonchev–Trinajstić information content (AvgIpc) is 3.29. The molecule has 1 heterocycles. The molecule has 1 atom stereocenters. The topological polar surface area (TPSA) is 79.0 Å². The smallest absolute Gasteiger partial charge is 0.191 e. The normalized spacial score (nSPS) is 12.4. The molecule has 3 aromatic rings. The van der Waals surface area contributed by atoms with Crippen molar-refractivity contribution in [3.05, 3.63) is 89.4 Å². The maximum absolute atomic E-state index is 10.5. The van der Waals surface area contributed by atoms with Crippen LogP contribution in [0.25, 0.3) is 0 Å². The molecule has 0 bridgehead atoms. The first-order valence-corrected chi connectivity index (χ1v) is 10.1. The van der Waals surface area contributed by atoms with Gasteiger partial charge in [0.25, 0.3) is 0 Å². The number of rotatable bonds is 9. The van der Waals surface area contributed by atoms with E-state index in [-0.39, 0.29) is 0 Å². The molecule has 30 heavy (non-hydrogen) atoms. The Morgan fingerprint density at radius 3 is 2.63 bits per heavy atom. The Labute approximate surface area is 177 Å². The summed E-state index contributed by atoms with van der Waals surface area (Å²) in [7, 11) is 1.65. The Kier molecular flexibility index (Phi) is 7.92. The number of aliphatic hydroxyl groups is 1. The maximum Gasteiger partial charge on any atom is 0.191 e. The molecule has 0 aliphatic carbocycles. The lowest BCUT2D eigenvalue weighted by Crippen LogP contribution is -2.40. The van der Waals surface area contributed by atoms with E-state index in [2.05, 4.69) is 15.6 Å². The fourth-order valence-electron chi connectivity index (χ4n) is 3.02. The zero-order valence-corrected chi connectivity index (χ0v) is 17.5. The molecule has 0 saturated carbocycles. The molecule has 6 nitrogen and oxygen atoms in total. The highest BCUT2D eigenvalue weighted by Gasteiger charge is 2.09. The van der Waals surface area contributed by atoms with Gasteiger partial charge < -0.3 is 24.9 Å². The lowest BCUT2D eigenvalue weighted by atomic mass is 10.1. The zero-order valence-electron chi connectivity index (χ0n) is 17.5. The van der Waals surface area contributed by atoms with Crippen LogP contribution in [-0.2, 0) is 13.0 Å². The molecule has 0 amide bonds. The lowest BCUT2D eigenvalue weighted by molar-refractivity contribution is 0.180. The molecule has 3 rings (SSSR count). The number of hydrogen-bond donors (Lipinski definition) is 3. The first kappa shape index (κ1) is 21.5. The SMILES string of the molecule is COc1ccc(CN=C(NCCc2ccco2)NCC(O)c2cccc(C)c2)cc1. The molecule has 0 radical (unpaired) electrons. The summed E-state index contributed by atoms with van der Waals surface area (Å²) in [5.41, 5.74) is 3.08. The third-order valence-electron chi connectivity index (χ3n) is 4.71. The van der Waals surface area contributed by atoms with Gasteiger partial charge in [-0.15, -0.1) is 0 Å². The Balaban J connectivity index is 1.61. The van der Waals surface area contributed by atoms with Crippen molar-refractivity contribution in [3.63, 3.8) is 0 Å². The number of aryl methyl sites for hydroxylation is 1. The number of nitrogens with zero attached hydrogens (tertiary/aromatic N) is 1. The maximum atomic E-state index is 10.5. The van der Waals surface area contributed by atoms with Gasteiger partial charge in [-0.3, -0.25) is 0 Å². The fraction of sp³-hybridized carbons (Fsp3) is 0.292. The fourth-order valence-corrected chi connectivity index (χ4v) is 3.02. The van der Waals surface area contributed by atoms with E-state index in [1.54, 1.807) is 13.4 Å². The highest BCUT2D eigenvalue weighted by atomic mass is 16.5.